The number of rotatable bonds is 8. The number of likely N-dealkylation sites (N-methyl/N-ethyl adjacent to an activating group) is 1. The number of thiazole rings is 1. The van der Waals surface area contributed by atoms with Gasteiger partial charge in [0.2, 0.25) is 11.8 Å². The molecule has 0 aliphatic heterocycles. The first-order chi connectivity index (χ1) is 13.1. The van der Waals surface area contributed by atoms with Crippen LogP contribution in [0.1, 0.15) is 44.7 Å². The molecule has 2 amide bonds. The number of hydrogen-bond donors (Lipinski definition) is 1. The summed E-state index contributed by atoms with van der Waals surface area (Å²) >= 11 is 37.0. The van der Waals surface area contributed by atoms with Crippen LogP contribution in [0.25, 0.3) is 0 Å². The molecule has 0 spiro atoms. The molecule has 4 atom stereocenters. The van der Waals surface area contributed by atoms with Crippen LogP contribution in [0, 0.1) is 11.8 Å². The monoisotopic (exact) mass is 543 g/mol. The lowest BCUT2D eigenvalue weighted by molar-refractivity contribution is -0.140. The van der Waals surface area contributed by atoms with Crippen molar-refractivity contribution in [2.24, 2.45) is 11.8 Å². The minimum Gasteiger partial charge on any atom is -0.345 e. The molecule has 1 aromatic rings. The second kappa shape index (κ2) is 11.3. The maximum atomic E-state index is 13.0. The maximum Gasteiger partial charge on any atom is 0.243 e. The Morgan fingerprint density at radius 3 is 2.10 bits per heavy atom. The highest BCUT2D eigenvalue weighted by atomic mass is 35.6. The minimum atomic E-state index is -1.60. The van der Waals surface area contributed by atoms with Gasteiger partial charge in [0.15, 0.2) is 7.59 Å². The maximum absolute atomic E-state index is 13.0. The lowest BCUT2D eigenvalue weighted by atomic mass is 9.99. The molecule has 1 aromatic heterocycles. The van der Waals surface area contributed by atoms with Crippen LogP contribution in [0.2, 0.25) is 0 Å². The molecule has 1 N–H and O–H groups in total. The van der Waals surface area contributed by atoms with Gasteiger partial charge in [-0.05, 0) is 13.3 Å². The molecule has 1 rings (SSSR count). The van der Waals surface area contributed by atoms with Crippen molar-refractivity contribution in [3.8, 4) is 0 Å². The smallest absolute Gasteiger partial charge is 0.243 e. The van der Waals surface area contributed by atoms with Crippen molar-refractivity contribution in [3.63, 3.8) is 0 Å². The largest absolute Gasteiger partial charge is 0.345 e. The summed E-state index contributed by atoms with van der Waals surface area (Å²) in [5.41, 5.74) is 0. The summed E-state index contributed by atoms with van der Waals surface area (Å²) in [6.07, 6.45) is 1.73. The minimum absolute atomic E-state index is 0.0546. The Kier molecular flexibility index (Phi) is 10.6. The van der Waals surface area contributed by atoms with Crippen LogP contribution in [0.5, 0.6) is 0 Å². The molecular formula is C17H23Cl6N3O2S. The van der Waals surface area contributed by atoms with E-state index < -0.39 is 25.5 Å². The highest BCUT2D eigenvalue weighted by Crippen LogP contribution is 2.39. The summed E-state index contributed by atoms with van der Waals surface area (Å²) in [6, 6.07) is -1.21. The molecule has 29 heavy (non-hydrogen) atoms. The quantitative estimate of drug-likeness (QED) is 0.411. The van der Waals surface area contributed by atoms with Gasteiger partial charge >= 0.3 is 0 Å². The highest BCUT2D eigenvalue weighted by molar-refractivity contribution is 7.09. The van der Waals surface area contributed by atoms with E-state index in [-0.39, 0.29) is 30.7 Å². The van der Waals surface area contributed by atoms with Gasteiger partial charge < -0.3 is 10.2 Å². The molecule has 5 nitrogen and oxygen atoms in total. The molecule has 0 fully saturated rings. The van der Waals surface area contributed by atoms with Gasteiger partial charge in [0.05, 0.1) is 6.04 Å². The van der Waals surface area contributed by atoms with Gasteiger partial charge in [0.25, 0.3) is 0 Å². The molecule has 0 aliphatic rings. The van der Waals surface area contributed by atoms with Crippen molar-refractivity contribution in [3.05, 3.63) is 16.6 Å². The van der Waals surface area contributed by atoms with Crippen LogP contribution in [0.3, 0.4) is 0 Å². The molecule has 0 saturated carbocycles. The van der Waals surface area contributed by atoms with E-state index in [1.165, 1.54) is 23.3 Å². The average molecular weight is 546 g/mol. The number of nitrogens with one attached hydrogen (secondary N) is 1. The van der Waals surface area contributed by atoms with Crippen LogP contribution in [0.4, 0.5) is 0 Å². The fraction of sp³-hybridized carbons (Fsp3) is 0.706. The van der Waals surface area contributed by atoms with Crippen molar-refractivity contribution < 1.29 is 9.59 Å². The molecule has 2 unspecified atom stereocenters. The van der Waals surface area contributed by atoms with Crippen molar-refractivity contribution in [1.82, 2.24) is 15.2 Å². The fourth-order valence-corrected chi connectivity index (χ4v) is 3.57. The summed E-state index contributed by atoms with van der Waals surface area (Å²) in [4.78, 5) is 31.3. The molecule has 166 valence electrons. The van der Waals surface area contributed by atoms with E-state index in [1.807, 2.05) is 5.38 Å². The Morgan fingerprint density at radius 1 is 1.10 bits per heavy atom. The topological polar surface area (TPSA) is 62.3 Å². The summed E-state index contributed by atoms with van der Waals surface area (Å²) in [6.45, 7) is 5.14. The lowest BCUT2D eigenvalue weighted by Crippen LogP contribution is -2.50. The molecule has 0 radical (unpaired) electrons. The Labute approximate surface area is 205 Å². The third-order valence-corrected chi connectivity index (χ3v) is 7.71. The Hall–Kier alpha value is 0.310. The van der Waals surface area contributed by atoms with Crippen LogP contribution in [0.15, 0.2) is 11.6 Å². The Morgan fingerprint density at radius 2 is 1.66 bits per heavy atom. The third kappa shape index (κ3) is 8.76. The van der Waals surface area contributed by atoms with E-state index in [1.54, 1.807) is 27.0 Å². The van der Waals surface area contributed by atoms with Gasteiger partial charge in [-0.15, -0.1) is 11.3 Å². The van der Waals surface area contributed by atoms with Crippen molar-refractivity contribution >= 4 is 92.8 Å². The molecular weight excluding hydrogens is 523 g/mol. The van der Waals surface area contributed by atoms with E-state index in [9.17, 15) is 9.59 Å². The van der Waals surface area contributed by atoms with Crippen LogP contribution < -0.4 is 5.32 Å². The van der Waals surface area contributed by atoms with Crippen molar-refractivity contribution in [2.45, 2.75) is 53.3 Å². The number of carbonyl (C=O) groups is 2. The SMILES string of the molecule is CC(CC(C(=O)N[C@H](C)c1nccs1)N(C)C(=O)C[C@H](C)C(Cl)(Cl)Cl)C(Cl)(Cl)Cl. The van der Waals surface area contributed by atoms with Gasteiger partial charge in [0.1, 0.15) is 11.0 Å². The van der Waals surface area contributed by atoms with E-state index in [0.717, 1.165) is 5.01 Å². The molecule has 12 heteroatoms. The first kappa shape index (κ1) is 27.3. The number of carbonyl (C=O) groups excluding carboxylic acids is 2. The van der Waals surface area contributed by atoms with Crippen molar-refractivity contribution in [2.75, 3.05) is 7.05 Å². The van der Waals surface area contributed by atoms with Gasteiger partial charge in [0, 0.05) is 36.9 Å². The number of aromatic nitrogens is 1. The fourth-order valence-electron chi connectivity index (χ4n) is 2.42. The first-order valence-electron chi connectivity index (χ1n) is 8.73. The molecule has 0 aliphatic carbocycles. The molecule has 0 saturated heterocycles. The molecule has 0 bridgehead atoms. The number of hydrogen-bond acceptors (Lipinski definition) is 4. The second-order valence-electron chi connectivity index (χ2n) is 6.95. The number of alkyl halides is 6. The van der Waals surface area contributed by atoms with Gasteiger partial charge in [-0.2, -0.15) is 0 Å². The number of halogens is 6. The van der Waals surface area contributed by atoms with Crippen molar-refractivity contribution in [1.29, 1.82) is 0 Å². The standard InChI is InChI=1S/C17H23Cl6N3O2S/c1-9(16(18,19)20)7-12(14(28)25-11(3)15-24-5-6-29-15)26(4)13(27)8-10(2)17(21,22)23/h5-6,9-12H,7-8H2,1-4H3,(H,25,28)/t9?,10-,11+,12?/m0/s1. The van der Waals surface area contributed by atoms with Gasteiger partial charge in [-0.1, -0.05) is 83.5 Å². The van der Waals surface area contributed by atoms with E-state index >= 15 is 0 Å². The van der Waals surface area contributed by atoms with E-state index in [2.05, 4.69) is 10.3 Å². The van der Waals surface area contributed by atoms with E-state index in [0.29, 0.717) is 0 Å². The number of nitrogens with zero attached hydrogens (tertiary/aromatic N) is 2. The average Bonchev–Trinajstić information content (AvgIpc) is 3.11. The third-order valence-electron chi connectivity index (χ3n) is 4.52. The van der Waals surface area contributed by atoms with Gasteiger partial charge in [-0.3, -0.25) is 9.59 Å². The van der Waals surface area contributed by atoms with Crippen LogP contribution in [-0.4, -0.2) is 42.4 Å². The lowest BCUT2D eigenvalue weighted by Gasteiger charge is -2.33. The highest BCUT2D eigenvalue weighted by Gasteiger charge is 2.38. The predicted molar refractivity (Wildman–Crippen MR) is 123 cm³/mol. The zero-order valence-electron chi connectivity index (χ0n) is 16.3. The van der Waals surface area contributed by atoms with Gasteiger partial charge in [-0.25, -0.2) is 4.98 Å². The van der Waals surface area contributed by atoms with Crippen LogP contribution in [-0.2, 0) is 9.59 Å². The summed E-state index contributed by atoms with van der Waals surface area (Å²) in [5, 5.41) is 5.42. The summed E-state index contributed by atoms with van der Waals surface area (Å²) < 4.78 is -3.19. The zero-order valence-corrected chi connectivity index (χ0v) is 21.6. The number of amides is 2. The van der Waals surface area contributed by atoms with Crippen LogP contribution >= 0.6 is 80.9 Å². The van der Waals surface area contributed by atoms with E-state index in [4.69, 9.17) is 69.6 Å². The summed E-state index contributed by atoms with van der Waals surface area (Å²) in [5.74, 6) is -1.79. The Balaban J connectivity index is 2.99. The second-order valence-corrected chi connectivity index (χ2v) is 12.6. The molecule has 0 aromatic carbocycles. The molecule has 1 heterocycles. The predicted octanol–water partition coefficient (Wildman–Crippen LogP) is 5.94. The normalized spacial score (nSPS) is 16.6. The zero-order chi connectivity index (χ0) is 22.6. The summed E-state index contributed by atoms with van der Waals surface area (Å²) in [7, 11) is 1.51. The Bertz CT molecular complexity index is 678. The first-order valence-corrected chi connectivity index (χ1v) is 11.9.